The Labute approximate surface area is 248 Å². The van der Waals surface area contributed by atoms with Crippen molar-refractivity contribution in [3.05, 3.63) is 0 Å². The second kappa shape index (κ2) is 16.9. The maximum absolute atomic E-state index is 12.6. The molecule has 12 nitrogen and oxygen atoms in total. The van der Waals surface area contributed by atoms with Gasteiger partial charge in [-0.05, 0) is 67.2 Å². The molecule has 0 aromatic heterocycles. The van der Waals surface area contributed by atoms with E-state index in [0.717, 1.165) is 0 Å². The summed E-state index contributed by atoms with van der Waals surface area (Å²) in [6, 6.07) is 0. The maximum atomic E-state index is 12.6. The first-order chi connectivity index (χ1) is 19.2. The summed E-state index contributed by atoms with van der Waals surface area (Å²) in [4.78, 5) is 74.2. The SMILES string of the molecule is CC[C@H](C(=N)C(=O)CCCCC(=O)C(=N)[C@@H](CC)C(=O)OC(C)OC(=O)C(C)(C)C)C(=O)OC(C)OC(=O)C(C)(C)C. The normalized spacial score (nSPS) is 14.4. The highest BCUT2D eigenvalue weighted by atomic mass is 16.7. The Morgan fingerprint density at radius 1 is 0.571 bits per heavy atom. The lowest BCUT2D eigenvalue weighted by Gasteiger charge is -2.22. The van der Waals surface area contributed by atoms with Crippen LogP contribution in [0.25, 0.3) is 0 Å². The minimum Gasteiger partial charge on any atom is -0.425 e. The summed E-state index contributed by atoms with van der Waals surface area (Å²) in [5, 5.41) is 16.3. The smallest absolute Gasteiger partial charge is 0.318 e. The number of ketones is 2. The number of ether oxygens (including phenoxy) is 4. The molecule has 0 spiro atoms. The monoisotopic (exact) mass is 596 g/mol. The topological polar surface area (TPSA) is 187 Å². The summed E-state index contributed by atoms with van der Waals surface area (Å²) in [6.07, 6.45) is -1.90. The molecule has 0 radical (unpaired) electrons. The molecule has 12 heteroatoms. The van der Waals surface area contributed by atoms with E-state index in [4.69, 9.17) is 29.8 Å². The number of Topliss-reactive ketones (excluding diaryl/α,β-unsaturated/α-hetero) is 2. The van der Waals surface area contributed by atoms with Crippen LogP contribution >= 0.6 is 0 Å². The van der Waals surface area contributed by atoms with Crippen LogP contribution in [0.1, 0.15) is 108 Å². The van der Waals surface area contributed by atoms with E-state index in [1.54, 1.807) is 55.4 Å². The first-order valence-corrected chi connectivity index (χ1v) is 14.2. The minimum atomic E-state index is -1.19. The van der Waals surface area contributed by atoms with Crippen molar-refractivity contribution < 1.29 is 47.7 Å². The van der Waals surface area contributed by atoms with Crippen molar-refractivity contribution in [2.24, 2.45) is 22.7 Å². The number of rotatable bonds is 17. The van der Waals surface area contributed by atoms with Gasteiger partial charge in [-0.15, -0.1) is 0 Å². The molecule has 4 atom stereocenters. The number of unbranched alkanes of at least 4 members (excludes halogenated alkanes) is 1. The average Bonchev–Trinajstić information content (AvgIpc) is 2.85. The van der Waals surface area contributed by atoms with Crippen molar-refractivity contribution >= 4 is 46.9 Å². The van der Waals surface area contributed by atoms with Gasteiger partial charge in [0.1, 0.15) is 11.8 Å². The number of nitrogens with one attached hydrogen (secondary N) is 2. The van der Waals surface area contributed by atoms with E-state index in [0.29, 0.717) is 0 Å². The van der Waals surface area contributed by atoms with Crippen molar-refractivity contribution in [2.75, 3.05) is 0 Å². The number of carbonyl (C=O) groups is 6. The Morgan fingerprint density at radius 3 is 1.10 bits per heavy atom. The van der Waals surface area contributed by atoms with Gasteiger partial charge < -0.3 is 29.8 Å². The van der Waals surface area contributed by atoms with Crippen LogP contribution in [0, 0.1) is 33.5 Å². The standard InChI is InChI=1S/C30H48N2O10/c1-11-19(25(35)39-17(3)41-27(37)29(5,6)7)23(31)21(33)15-13-14-16-22(34)24(32)20(12-2)26(36)40-18(4)42-28(38)30(8,9)10/h17-20,31-32H,11-16H2,1-10H3/t17?,18?,19-,20-/m1/s1. The number of hydrogen-bond donors (Lipinski definition) is 2. The third kappa shape index (κ3) is 13.0. The molecule has 42 heavy (non-hydrogen) atoms. The quantitative estimate of drug-likeness (QED) is 0.103. The molecule has 0 bridgehead atoms. The molecule has 238 valence electrons. The molecule has 0 amide bonds. The Kier molecular flexibility index (Phi) is 15.5. The van der Waals surface area contributed by atoms with Crippen molar-refractivity contribution in [1.29, 1.82) is 10.8 Å². The Balaban J connectivity index is 4.84. The second-order valence-corrected chi connectivity index (χ2v) is 12.1. The molecule has 0 aliphatic carbocycles. The van der Waals surface area contributed by atoms with Crippen molar-refractivity contribution in [2.45, 2.75) is 120 Å². The molecule has 0 aromatic rings. The Morgan fingerprint density at radius 2 is 0.857 bits per heavy atom. The van der Waals surface area contributed by atoms with E-state index >= 15 is 0 Å². The minimum absolute atomic E-state index is 0.103. The molecule has 0 fully saturated rings. The third-order valence-electron chi connectivity index (χ3n) is 6.08. The van der Waals surface area contributed by atoms with Crippen LogP contribution in [-0.4, -0.2) is 59.4 Å². The molecule has 2 unspecified atom stereocenters. The van der Waals surface area contributed by atoms with Gasteiger partial charge in [0.2, 0.25) is 12.6 Å². The van der Waals surface area contributed by atoms with Crippen LogP contribution in [0.15, 0.2) is 0 Å². The van der Waals surface area contributed by atoms with Crippen LogP contribution in [0.5, 0.6) is 0 Å². The summed E-state index contributed by atoms with van der Waals surface area (Å²) in [6.45, 7) is 15.9. The third-order valence-corrected chi connectivity index (χ3v) is 6.08. The van der Waals surface area contributed by atoms with Crippen molar-refractivity contribution in [3.63, 3.8) is 0 Å². The fourth-order valence-corrected chi connectivity index (χ4v) is 3.40. The summed E-state index contributed by atoms with van der Waals surface area (Å²) in [7, 11) is 0. The molecular formula is C30H48N2O10. The predicted octanol–water partition coefficient (Wildman–Crippen LogP) is 4.73. The van der Waals surface area contributed by atoms with Crippen LogP contribution in [0.3, 0.4) is 0 Å². The predicted molar refractivity (Wildman–Crippen MR) is 154 cm³/mol. The van der Waals surface area contributed by atoms with E-state index in [1.165, 1.54) is 13.8 Å². The largest absolute Gasteiger partial charge is 0.425 e. The van der Waals surface area contributed by atoms with Gasteiger partial charge >= 0.3 is 23.9 Å². The highest BCUT2D eigenvalue weighted by molar-refractivity contribution is 6.43. The molecule has 0 saturated heterocycles. The summed E-state index contributed by atoms with van der Waals surface area (Å²) < 4.78 is 20.4. The molecular weight excluding hydrogens is 548 g/mol. The molecule has 0 aliphatic heterocycles. The fourth-order valence-electron chi connectivity index (χ4n) is 3.40. The highest BCUT2D eigenvalue weighted by Crippen LogP contribution is 2.20. The van der Waals surface area contributed by atoms with Crippen LogP contribution in [0.4, 0.5) is 0 Å². The average molecular weight is 597 g/mol. The van der Waals surface area contributed by atoms with Gasteiger partial charge in [-0.3, -0.25) is 28.8 Å². The molecule has 0 aromatic carbocycles. The molecule has 0 heterocycles. The van der Waals surface area contributed by atoms with Gasteiger partial charge in [0.15, 0.2) is 11.6 Å². The van der Waals surface area contributed by atoms with Gasteiger partial charge in [0.25, 0.3) is 0 Å². The Hall–Kier alpha value is -3.44. The number of carbonyl (C=O) groups excluding carboxylic acids is 6. The molecule has 0 rings (SSSR count). The fraction of sp³-hybridized carbons (Fsp3) is 0.733. The van der Waals surface area contributed by atoms with E-state index in [2.05, 4.69) is 0 Å². The van der Waals surface area contributed by atoms with E-state index < -0.39 is 82.1 Å². The Bertz CT molecular complexity index is 954. The van der Waals surface area contributed by atoms with Crippen LogP contribution in [-0.2, 0) is 47.7 Å². The van der Waals surface area contributed by atoms with Gasteiger partial charge in [-0.1, -0.05) is 13.8 Å². The van der Waals surface area contributed by atoms with E-state index in [9.17, 15) is 28.8 Å². The first kappa shape index (κ1) is 38.6. The van der Waals surface area contributed by atoms with Gasteiger partial charge in [0, 0.05) is 26.7 Å². The van der Waals surface area contributed by atoms with E-state index in [1.807, 2.05) is 0 Å². The number of hydrogen-bond acceptors (Lipinski definition) is 12. The summed E-state index contributed by atoms with van der Waals surface area (Å²) in [5.74, 6) is -6.29. The summed E-state index contributed by atoms with van der Waals surface area (Å²) in [5.41, 5.74) is -2.47. The van der Waals surface area contributed by atoms with Gasteiger partial charge in [-0.2, -0.15) is 0 Å². The maximum Gasteiger partial charge on any atom is 0.318 e. The summed E-state index contributed by atoms with van der Waals surface area (Å²) >= 11 is 0. The van der Waals surface area contributed by atoms with Crippen LogP contribution in [0.2, 0.25) is 0 Å². The van der Waals surface area contributed by atoms with Gasteiger partial charge in [-0.25, -0.2) is 0 Å². The molecule has 0 aliphatic rings. The van der Waals surface area contributed by atoms with Crippen molar-refractivity contribution in [1.82, 2.24) is 0 Å². The first-order valence-electron chi connectivity index (χ1n) is 14.2. The van der Waals surface area contributed by atoms with E-state index in [-0.39, 0.29) is 38.5 Å². The van der Waals surface area contributed by atoms with Gasteiger partial charge in [0.05, 0.1) is 22.3 Å². The molecule has 2 N–H and O–H groups in total. The number of esters is 4. The second-order valence-electron chi connectivity index (χ2n) is 12.1. The zero-order valence-corrected chi connectivity index (χ0v) is 26.6. The lowest BCUT2D eigenvalue weighted by atomic mass is 9.93. The highest BCUT2D eigenvalue weighted by Gasteiger charge is 2.33. The zero-order valence-electron chi connectivity index (χ0n) is 26.6. The van der Waals surface area contributed by atoms with Crippen molar-refractivity contribution in [3.8, 4) is 0 Å². The van der Waals surface area contributed by atoms with Crippen LogP contribution < -0.4 is 0 Å². The molecule has 0 saturated carbocycles. The zero-order chi connectivity index (χ0) is 33.0. The lowest BCUT2D eigenvalue weighted by Crippen LogP contribution is -2.35. The lowest BCUT2D eigenvalue weighted by molar-refractivity contribution is -0.193.